The molecule has 2 unspecified atom stereocenters. The zero-order chi connectivity index (χ0) is 12.6. The number of aliphatic hydroxyl groups is 1. The summed E-state index contributed by atoms with van der Waals surface area (Å²) < 4.78 is 5.47. The number of hydrogen-bond acceptors (Lipinski definition) is 3. The Morgan fingerprint density at radius 2 is 2.12 bits per heavy atom. The van der Waals surface area contributed by atoms with Gasteiger partial charge in [-0.05, 0) is 44.2 Å². The molecule has 1 fully saturated rings. The zero-order valence-corrected chi connectivity index (χ0v) is 10.8. The normalized spacial score (nSPS) is 28.4. The summed E-state index contributed by atoms with van der Waals surface area (Å²) in [4.78, 5) is 0. The summed E-state index contributed by atoms with van der Waals surface area (Å²) in [6, 6.07) is 4.10. The lowest BCUT2D eigenvalue weighted by atomic mass is 9.88. The number of ether oxygens (including phenoxy) is 1. The summed E-state index contributed by atoms with van der Waals surface area (Å²) in [5.41, 5.74) is 8.25. The Bertz CT molecular complexity index is 430. The third kappa shape index (κ3) is 2.05. The monoisotopic (exact) mass is 235 g/mol. The molecule has 0 heterocycles. The van der Waals surface area contributed by atoms with Crippen LogP contribution in [-0.2, 0) is 5.60 Å². The van der Waals surface area contributed by atoms with E-state index in [2.05, 4.69) is 0 Å². The second kappa shape index (κ2) is 4.31. The first-order valence-electron chi connectivity index (χ1n) is 6.10. The molecule has 3 nitrogen and oxygen atoms in total. The highest BCUT2D eigenvalue weighted by Crippen LogP contribution is 2.43. The fraction of sp³-hybridized carbons (Fsp3) is 0.571. The minimum atomic E-state index is -0.816. The molecule has 2 atom stereocenters. The van der Waals surface area contributed by atoms with E-state index in [0.717, 1.165) is 23.3 Å². The minimum absolute atomic E-state index is 0.0892. The Balaban J connectivity index is 2.49. The molecule has 0 saturated heterocycles. The van der Waals surface area contributed by atoms with E-state index >= 15 is 0 Å². The fourth-order valence-corrected chi connectivity index (χ4v) is 2.73. The molecule has 0 aromatic heterocycles. The van der Waals surface area contributed by atoms with Crippen LogP contribution >= 0.6 is 0 Å². The van der Waals surface area contributed by atoms with Crippen LogP contribution in [0.15, 0.2) is 12.1 Å². The molecule has 1 aliphatic rings. The van der Waals surface area contributed by atoms with E-state index < -0.39 is 5.60 Å². The molecule has 0 amide bonds. The molecule has 1 saturated carbocycles. The summed E-state index contributed by atoms with van der Waals surface area (Å²) in [6.45, 7) is 4.07. The smallest absolute Gasteiger partial charge is 0.128 e. The van der Waals surface area contributed by atoms with Gasteiger partial charge in [0.05, 0.1) is 12.7 Å². The van der Waals surface area contributed by atoms with Gasteiger partial charge in [0.15, 0.2) is 0 Å². The van der Waals surface area contributed by atoms with Crippen LogP contribution in [0.3, 0.4) is 0 Å². The maximum atomic E-state index is 10.7. The number of nitrogens with two attached hydrogens (primary N) is 1. The molecule has 3 heteroatoms. The van der Waals surface area contributed by atoms with Crippen LogP contribution < -0.4 is 10.5 Å². The maximum absolute atomic E-state index is 10.7. The molecule has 94 valence electrons. The van der Waals surface area contributed by atoms with E-state index in [1.54, 1.807) is 7.11 Å². The van der Waals surface area contributed by atoms with Gasteiger partial charge in [-0.2, -0.15) is 0 Å². The van der Waals surface area contributed by atoms with Crippen LogP contribution in [0, 0.1) is 13.8 Å². The Labute approximate surface area is 103 Å². The third-order valence-electron chi connectivity index (χ3n) is 3.91. The maximum Gasteiger partial charge on any atom is 0.128 e. The van der Waals surface area contributed by atoms with E-state index in [1.807, 2.05) is 26.0 Å². The standard InChI is InChI=1S/C14H21NO2/c1-9-4-5-12(13(17-3)10(9)2)14(16)7-6-11(15)8-14/h4-5,11,16H,6-8,15H2,1-3H3. The molecule has 1 aromatic rings. The van der Waals surface area contributed by atoms with E-state index in [-0.39, 0.29) is 6.04 Å². The Morgan fingerprint density at radius 1 is 1.41 bits per heavy atom. The van der Waals surface area contributed by atoms with Gasteiger partial charge in [-0.1, -0.05) is 12.1 Å². The van der Waals surface area contributed by atoms with Gasteiger partial charge >= 0.3 is 0 Å². The molecular weight excluding hydrogens is 214 g/mol. The van der Waals surface area contributed by atoms with Crippen molar-refractivity contribution in [1.82, 2.24) is 0 Å². The molecule has 1 aliphatic carbocycles. The first kappa shape index (κ1) is 12.4. The first-order valence-corrected chi connectivity index (χ1v) is 6.10. The van der Waals surface area contributed by atoms with Crippen molar-refractivity contribution in [3.8, 4) is 5.75 Å². The summed E-state index contributed by atoms with van der Waals surface area (Å²) in [7, 11) is 1.66. The molecule has 0 aliphatic heterocycles. The molecule has 3 N–H and O–H groups in total. The Hall–Kier alpha value is -1.06. The Kier molecular flexibility index (Phi) is 3.15. The summed E-state index contributed by atoms with van der Waals surface area (Å²) in [5, 5.41) is 10.7. The molecule has 0 radical (unpaired) electrons. The van der Waals surface area contributed by atoms with Crippen molar-refractivity contribution in [3.63, 3.8) is 0 Å². The minimum Gasteiger partial charge on any atom is -0.496 e. The highest BCUT2D eigenvalue weighted by atomic mass is 16.5. The molecular formula is C14H21NO2. The highest BCUT2D eigenvalue weighted by Gasteiger charge is 2.39. The average Bonchev–Trinajstić information content (AvgIpc) is 2.63. The van der Waals surface area contributed by atoms with Crippen molar-refractivity contribution in [2.45, 2.75) is 44.8 Å². The van der Waals surface area contributed by atoms with Crippen LogP contribution in [0.2, 0.25) is 0 Å². The second-order valence-corrected chi connectivity index (χ2v) is 5.12. The number of methoxy groups -OCH3 is 1. The predicted octanol–water partition coefficient (Wildman–Crippen LogP) is 2.01. The van der Waals surface area contributed by atoms with E-state index in [4.69, 9.17) is 10.5 Å². The number of aryl methyl sites for hydroxylation is 1. The van der Waals surface area contributed by atoms with Crippen LogP contribution in [0.4, 0.5) is 0 Å². The number of benzene rings is 1. The van der Waals surface area contributed by atoms with Crippen LogP contribution in [0.1, 0.15) is 36.0 Å². The van der Waals surface area contributed by atoms with E-state index in [0.29, 0.717) is 12.8 Å². The van der Waals surface area contributed by atoms with Gasteiger partial charge in [-0.25, -0.2) is 0 Å². The first-order chi connectivity index (χ1) is 7.98. The van der Waals surface area contributed by atoms with Gasteiger partial charge in [0.25, 0.3) is 0 Å². The number of hydrogen-bond donors (Lipinski definition) is 2. The fourth-order valence-electron chi connectivity index (χ4n) is 2.73. The lowest BCUT2D eigenvalue weighted by Crippen LogP contribution is -2.26. The zero-order valence-electron chi connectivity index (χ0n) is 10.8. The topological polar surface area (TPSA) is 55.5 Å². The summed E-state index contributed by atoms with van der Waals surface area (Å²) in [6.07, 6.45) is 2.20. The van der Waals surface area contributed by atoms with Crippen molar-refractivity contribution in [2.24, 2.45) is 5.73 Å². The molecule has 0 spiro atoms. The van der Waals surface area contributed by atoms with Crippen molar-refractivity contribution in [2.75, 3.05) is 7.11 Å². The predicted molar refractivity (Wildman–Crippen MR) is 68.2 cm³/mol. The molecule has 1 aromatic carbocycles. The summed E-state index contributed by atoms with van der Waals surface area (Å²) >= 11 is 0. The lowest BCUT2D eigenvalue weighted by molar-refractivity contribution is 0.0405. The van der Waals surface area contributed by atoms with Crippen molar-refractivity contribution in [3.05, 3.63) is 28.8 Å². The highest BCUT2D eigenvalue weighted by molar-refractivity contribution is 5.48. The van der Waals surface area contributed by atoms with Gasteiger partial charge < -0.3 is 15.6 Å². The van der Waals surface area contributed by atoms with Crippen molar-refractivity contribution < 1.29 is 9.84 Å². The summed E-state index contributed by atoms with van der Waals surface area (Å²) in [5.74, 6) is 0.807. The number of rotatable bonds is 2. The van der Waals surface area contributed by atoms with Gasteiger partial charge in [-0.3, -0.25) is 0 Å². The van der Waals surface area contributed by atoms with E-state index in [1.165, 1.54) is 5.56 Å². The van der Waals surface area contributed by atoms with Crippen molar-refractivity contribution in [1.29, 1.82) is 0 Å². The van der Waals surface area contributed by atoms with Gasteiger partial charge in [-0.15, -0.1) is 0 Å². The van der Waals surface area contributed by atoms with Crippen LogP contribution in [-0.4, -0.2) is 18.3 Å². The third-order valence-corrected chi connectivity index (χ3v) is 3.91. The van der Waals surface area contributed by atoms with Gasteiger partial charge in [0.1, 0.15) is 5.75 Å². The lowest BCUT2D eigenvalue weighted by Gasteiger charge is -2.26. The molecule has 17 heavy (non-hydrogen) atoms. The molecule has 0 bridgehead atoms. The van der Waals surface area contributed by atoms with Gasteiger partial charge in [0.2, 0.25) is 0 Å². The second-order valence-electron chi connectivity index (χ2n) is 5.12. The average molecular weight is 235 g/mol. The largest absolute Gasteiger partial charge is 0.496 e. The molecule has 2 rings (SSSR count). The van der Waals surface area contributed by atoms with Crippen LogP contribution in [0.25, 0.3) is 0 Å². The van der Waals surface area contributed by atoms with Crippen molar-refractivity contribution >= 4 is 0 Å². The van der Waals surface area contributed by atoms with E-state index in [9.17, 15) is 5.11 Å². The SMILES string of the molecule is COc1c(C2(O)CCC(N)C2)ccc(C)c1C. The Morgan fingerprint density at radius 3 is 2.65 bits per heavy atom. The van der Waals surface area contributed by atoms with Crippen LogP contribution in [0.5, 0.6) is 5.75 Å². The van der Waals surface area contributed by atoms with Gasteiger partial charge in [0, 0.05) is 11.6 Å². The quantitative estimate of drug-likeness (QED) is 0.824.